The SMILES string of the molecule is CCN(CC)CCC=CC(O)(c1ccccc1)c1ccccc1.Cl. The second-order valence-electron chi connectivity index (χ2n) is 5.72. The first-order valence-corrected chi connectivity index (χ1v) is 8.44. The predicted octanol–water partition coefficient (Wildman–Crippen LogP) is 4.63. The fraction of sp³-hybridized carbons (Fsp3) is 0.333. The molecule has 2 aromatic carbocycles. The van der Waals surface area contributed by atoms with Gasteiger partial charge in [0, 0.05) is 6.54 Å². The van der Waals surface area contributed by atoms with E-state index in [4.69, 9.17) is 0 Å². The fourth-order valence-electron chi connectivity index (χ4n) is 2.79. The molecule has 0 aliphatic heterocycles. The summed E-state index contributed by atoms with van der Waals surface area (Å²) in [6.07, 6.45) is 4.96. The van der Waals surface area contributed by atoms with Crippen molar-refractivity contribution in [1.82, 2.24) is 4.90 Å². The Labute approximate surface area is 152 Å². The molecule has 3 heteroatoms. The van der Waals surface area contributed by atoms with Gasteiger partial charge in [-0.05, 0) is 36.7 Å². The Morgan fingerprint density at radius 3 is 1.75 bits per heavy atom. The van der Waals surface area contributed by atoms with Crippen LogP contribution in [0.5, 0.6) is 0 Å². The van der Waals surface area contributed by atoms with Crippen LogP contribution in [0.3, 0.4) is 0 Å². The first-order valence-electron chi connectivity index (χ1n) is 8.44. The van der Waals surface area contributed by atoms with Crippen LogP contribution in [0.2, 0.25) is 0 Å². The minimum atomic E-state index is -1.08. The summed E-state index contributed by atoms with van der Waals surface area (Å²) in [5.41, 5.74) is 0.710. The highest BCUT2D eigenvalue weighted by molar-refractivity contribution is 5.85. The molecule has 0 amide bonds. The standard InChI is InChI=1S/C21H27NO.ClH/c1-3-22(4-2)18-12-11-17-21(23,19-13-7-5-8-14-19)20-15-9-6-10-16-20;/h5-11,13-17,23H,3-4,12,18H2,1-2H3;1H. The summed E-state index contributed by atoms with van der Waals surface area (Å²) in [6, 6.07) is 19.7. The van der Waals surface area contributed by atoms with Crippen LogP contribution in [0.15, 0.2) is 72.8 Å². The van der Waals surface area contributed by atoms with E-state index in [0.717, 1.165) is 37.2 Å². The summed E-state index contributed by atoms with van der Waals surface area (Å²) >= 11 is 0. The minimum Gasteiger partial charge on any atom is -0.377 e. The summed E-state index contributed by atoms with van der Waals surface area (Å²) in [7, 11) is 0. The van der Waals surface area contributed by atoms with Gasteiger partial charge < -0.3 is 10.0 Å². The van der Waals surface area contributed by atoms with Crippen LogP contribution < -0.4 is 0 Å². The Morgan fingerprint density at radius 2 is 1.33 bits per heavy atom. The van der Waals surface area contributed by atoms with E-state index in [1.165, 1.54) is 0 Å². The summed E-state index contributed by atoms with van der Waals surface area (Å²) in [6.45, 7) is 7.50. The fourth-order valence-corrected chi connectivity index (χ4v) is 2.79. The van der Waals surface area contributed by atoms with Gasteiger partial charge in [-0.25, -0.2) is 0 Å². The number of hydrogen-bond acceptors (Lipinski definition) is 2. The van der Waals surface area contributed by atoms with E-state index >= 15 is 0 Å². The average molecular weight is 346 g/mol. The molecule has 2 aromatic rings. The summed E-state index contributed by atoms with van der Waals surface area (Å²) < 4.78 is 0. The molecule has 2 nitrogen and oxygen atoms in total. The second-order valence-corrected chi connectivity index (χ2v) is 5.72. The van der Waals surface area contributed by atoms with Gasteiger partial charge in [-0.15, -0.1) is 12.4 Å². The molecule has 1 N–H and O–H groups in total. The van der Waals surface area contributed by atoms with Crippen molar-refractivity contribution >= 4 is 12.4 Å². The van der Waals surface area contributed by atoms with E-state index in [0.29, 0.717) is 0 Å². The van der Waals surface area contributed by atoms with Crippen molar-refractivity contribution in [3.05, 3.63) is 83.9 Å². The molecule has 24 heavy (non-hydrogen) atoms. The highest BCUT2D eigenvalue weighted by Gasteiger charge is 2.27. The zero-order chi connectivity index (χ0) is 16.5. The van der Waals surface area contributed by atoms with Gasteiger partial charge in [-0.2, -0.15) is 0 Å². The zero-order valence-corrected chi connectivity index (χ0v) is 15.4. The van der Waals surface area contributed by atoms with Crippen molar-refractivity contribution in [2.75, 3.05) is 19.6 Å². The van der Waals surface area contributed by atoms with Crippen molar-refractivity contribution in [2.45, 2.75) is 25.9 Å². The topological polar surface area (TPSA) is 23.5 Å². The summed E-state index contributed by atoms with van der Waals surface area (Å²) in [5, 5.41) is 11.3. The normalized spacial score (nSPS) is 11.7. The van der Waals surface area contributed by atoms with Crippen LogP contribution in [0.1, 0.15) is 31.4 Å². The minimum absolute atomic E-state index is 0. The number of benzene rings is 2. The molecule has 0 radical (unpaired) electrons. The molecule has 130 valence electrons. The average Bonchev–Trinajstić information content (AvgIpc) is 2.63. The third kappa shape index (κ3) is 5.20. The largest absolute Gasteiger partial charge is 0.377 e. The maximum absolute atomic E-state index is 11.3. The van der Waals surface area contributed by atoms with Crippen LogP contribution in [-0.2, 0) is 5.60 Å². The highest BCUT2D eigenvalue weighted by atomic mass is 35.5. The van der Waals surface area contributed by atoms with Gasteiger partial charge in [-0.3, -0.25) is 0 Å². The van der Waals surface area contributed by atoms with Crippen LogP contribution in [-0.4, -0.2) is 29.6 Å². The molecule has 0 atom stereocenters. The lowest BCUT2D eigenvalue weighted by atomic mass is 9.86. The number of halogens is 1. The zero-order valence-electron chi connectivity index (χ0n) is 14.6. The van der Waals surface area contributed by atoms with Gasteiger partial charge >= 0.3 is 0 Å². The van der Waals surface area contributed by atoms with Gasteiger partial charge in [0.2, 0.25) is 0 Å². The van der Waals surface area contributed by atoms with Gasteiger partial charge in [0.05, 0.1) is 0 Å². The Balaban J connectivity index is 0.00000288. The van der Waals surface area contributed by atoms with Crippen molar-refractivity contribution in [2.24, 2.45) is 0 Å². The van der Waals surface area contributed by atoms with Crippen LogP contribution in [0, 0.1) is 0 Å². The smallest absolute Gasteiger partial charge is 0.133 e. The van der Waals surface area contributed by atoms with Crippen molar-refractivity contribution < 1.29 is 5.11 Å². The van der Waals surface area contributed by atoms with E-state index in [1.807, 2.05) is 66.7 Å². The van der Waals surface area contributed by atoms with Gasteiger partial charge in [-0.1, -0.05) is 80.6 Å². The van der Waals surface area contributed by atoms with Crippen LogP contribution in [0.4, 0.5) is 0 Å². The van der Waals surface area contributed by atoms with Crippen LogP contribution >= 0.6 is 12.4 Å². The maximum Gasteiger partial charge on any atom is 0.133 e. The van der Waals surface area contributed by atoms with E-state index in [1.54, 1.807) is 0 Å². The molecule has 0 aliphatic rings. The molecule has 0 bridgehead atoms. The Kier molecular flexibility index (Phi) is 8.77. The molecular weight excluding hydrogens is 318 g/mol. The first-order chi connectivity index (χ1) is 11.2. The maximum atomic E-state index is 11.3. The van der Waals surface area contributed by atoms with E-state index in [-0.39, 0.29) is 12.4 Å². The highest BCUT2D eigenvalue weighted by Crippen LogP contribution is 2.31. The molecular formula is C21H28ClNO. The summed E-state index contributed by atoms with van der Waals surface area (Å²) in [5.74, 6) is 0. The molecule has 2 rings (SSSR count). The van der Waals surface area contributed by atoms with E-state index in [2.05, 4.69) is 24.8 Å². The third-order valence-electron chi connectivity index (χ3n) is 4.29. The van der Waals surface area contributed by atoms with Crippen molar-refractivity contribution in [1.29, 1.82) is 0 Å². The van der Waals surface area contributed by atoms with E-state index in [9.17, 15) is 5.11 Å². The Bertz CT molecular complexity index is 554. The van der Waals surface area contributed by atoms with Gasteiger partial charge in [0.1, 0.15) is 5.60 Å². The molecule has 0 spiro atoms. The molecule has 0 fully saturated rings. The lowest BCUT2D eigenvalue weighted by molar-refractivity contribution is 0.134. The first kappa shape index (κ1) is 20.4. The number of hydrogen-bond donors (Lipinski definition) is 1. The molecule has 0 aromatic heterocycles. The van der Waals surface area contributed by atoms with Crippen molar-refractivity contribution in [3.8, 4) is 0 Å². The number of aliphatic hydroxyl groups is 1. The van der Waals surface area contributed by atoms with Crippen LogP contribution in [0.25, 0.3) is 0 Å². The predicted molar refractivity (Wildman–Crippen MR) is 105 cm³/mol. The second kappa shape index (κ2) is 10.3. The Hall–Kier alpha value is -1.61. The lowest BCUT2D eigenvalue weighted by Crippen LogP contribution is -2.25. The molecule has 0 unspecified atom stereocenters. The van der Waals surface area contributed by atoms with Gasteiger partial charge in [0.15, 0.2) is 0 Å². The lowest BCUT2D eigenvalue weighted by Gasteiger charge is -2.26. The molecule has 0 saturated heterocycles. The number of nitrogens with zero attached hydrogens (tertiary/aromatic N) is 1. The molecule has 0 saturated carbocycles. The molecule has 0 aliphatic carbocycles. The van der Waals surface area contributed by atoms with E-state index < -0.39 is 5.60 Å². The third-order valence-corrected chi connectivity index (χ3v) is 4.29. The number of rotatable bonds is 8. The quantitative estimate of drug-likeness (QED) is 0.705. The van der Waals surface area contributed by atoms with Gasteiger partial charge in [0.25, 0.3) is 0 Å². The Morgan fingerprint density at radius 1 is 0.875 bits per heavy atom. The monoisotopic (exact) mass is 345 g/mol. The summed E-state index contributed by atoms with van der Waals surface area (Å²) in [4.78, 5) is 2.38. The molecule has 0 heterocycles. The van der Waals surface area contributed by atoms with Crippen molar-refractivity contribution in [3.63, 3.8) is 0 Å².